The molecule has 1 saturated heterocycles. The summed E-state index contributed by atoms with van der Waals surface area (Å²) in [5.74, 6) is -1.30. The first kappa shape index (κ1) is 28.5. The Morgan fingerprint density at radius 3 is 2.40 bits per heavy atom. The SMILES string of the molecule is CCN(CC)CCN1C(=O)C(=O)/C(=C(/O)c2ccc(OCc3ccccc3)cc2C)[C@@H]1c1cccc([N+](=O)[O-])c1. The van der Waals surface area contributed by atoms with E-state index in [0.29, 0.717) is 35.6 Å². The van der Waals surface area contributed by atoms with Crippen LogP contribution in [-0.2, 0) is 16.2 Å². The highest BCUT2D eigenvalue weighted by atomic mass is 16.6. The van der Waals surface area contributed by atoms with Gasteiger partial charge in [0.1, 0.15) is 18.1 Å². The van der Waals surface area contributed by atoms with Crippen molar-refractivity contribution in [2.45, 2.75) is 33.4 Å². The summed E-state index contributed by atoms with van der Waals surface area (Å²) in [6.45, 7) is 8.43. The van der Waals surface area contributed by atoms with Gasteiger partial charge in [-0.3, -0.25) is 19.7 Å². The Bertz CT molecular complexity index is 1430. The van der Waals surface area contributed by atoms with Gasteiger partial charge in [0.25, 0.3) is 17.4 Å². The van der Waals surface area contributed by atoms with E-state index in [2.05, 4.69) is 4.90 Å². The van der Waals surface area contributed by atoms with Crippen molar-refractivity contribution in [2.75, 3.05) is 26.2 Å². The van der Waals surface area contributed by atoms with Gasteiger partial charge >= 0.3 is 0 Å². The summed E-state index contributed by atoms with van der Waals surface area (Å²) in [5.41, 5.74) is 2.16. The average Bonchev–Trinajstić information content (AvgIpc) is 3.22. The molecule has 3 aromatic carbocycles. The van der Waals surface area contributed by atoms with Crippen LogP contribution < -0.4 is 4.74 Å². The molecule has 40 heavy (non-hydrogen) atoms. The Morgan fingerprint density at radius 1 is 1.02 bits per heavy atom. The third kappa shape index (κ3) is 6.05. The number of ketones is 1. The molecule has 9 heteroatoms. The van der Waals surface area contributed by atoms with Crippen LogP contribution in [0.25, 0.3) is 5.76 Å². The van der Waals surface area contributed by atoms with Crippen LogP contribution in [0.5, 0.6) is 5.75 Å². The second kappa shape index (κ2) is 12.6. The van der Waals surface area contributed by atoms with Crippen molar-refractivity contribution >= 4 is 23.1 Å². The number of amides is 1. The molecular formula is C31H33N3O6. The zero-order valence-corrected chi connectivity index (χ0v) is 22.9. The third-order valence-corrected chi connectivity index (χ3v) is 7.19. The molecule has 0 aromatic heterocycles. The minimum absolute atomic E-state index is 0.0916. The number of aliphatic hydroxyl groups is 1. The predicted molar refractivity (Wildman–Crippen MR) is 152 cm³/mol. The number of nitro groups is 1. The Labute approximate surface area is 233 Å². The molecule has 1 aliphatic heterocycles. The minimum atomic E-state index is -0.969. The molecule has 0 radical (unpaired) electrons. The number of aliphatic hydroxyl groups excluding tert-OH is 1. The van der Waals surface area contributed by atoms with Crippen molar-refractivity contribution in [3.8, 4) is 5.75 Å². The number of hydrogen-bond acceptors (Lipinski definition) is 7. The number of ether oxygens (including phenoxy) is 1. The van der Waals surface area contributed by atoms with E-state index in [1.807, 2.05) is 44.2 Å². The molecule has 1 N–H and O–H groups in total. The molecule has 1 heterocycles. The first-order chi connectivity index (χ1) is 19.2. The van der Waals surface area contributed by atoms with E-state index in [0.717, 1.165) is 18.7 Å². The number of carbonyl (C=O) groups excluding carboxylic acids is 2. The fraction of sp³-hybridized carbons (Fsp3) is 0.290. The van der Waals surface area contributed by atoms with Gasteiger partial charge in [-0.15, -0.1) is 0 Å². The Hall–Kier alpha value is -4.50. The number of hydrogen-bond donors (Lipinski definition) is 1. The Kier molecular flexibility index (Phi) is 8.96. The Balaban J connectivity index is 1.73. The van der Waals surface area contributed by atoms with Gasteiger partial charge in [0.2, 0.25) is 0 Å². The Morgan fingerprint density at radius 2 is 1.75 bits per heavy atom. The summed E-state index contributed by atoms with van der Waals surface area (Å²) in [5, 5.41) is 23.0. The number of nitrogens with zero attached hydrogens (tertiary/aromatic N) is 3. The maximum Gasteiger partial charge on any atom is 0.295 e. The summed E-state index contributed by atoms with van der Waals surface area (Å²) in [6, 6.07) is 19.7. The van der Waals surface area contributed by atoms with E-state index >= 15 is 0 Å². The summed E-state index contributed by atoms with van der Waals surface area (Å²) < 4.78 is 5.89. The lowest BCUT2D eigenvalue weighted by Gasteiger charge is -2.28. The number of benzene rings is 3. The van der Waals surface area contributed by atoms with Crippen molar-refractivity contribution in [1.82, 2.24) is 9.80 Å². The zero-order valence-electron chi connectivity index (χ0n) is 22.9. The van der Waals surface area contributed by atoms with Gasteiger partial charge in [-0.25, -0.2) is 0 Å². The maximum absolute atomic E-state index is 13.4. The van der Waals surface area contributed by atoms with Crippen molar-refractivity contribution in [3.63, 3.8) is 0 Å². The van der Waals surface area contributed by atoms with Gasteiger partial charge in [-0.2, -0.15) is 0 Å². The van der Waals surface area contributed by atoms with Crippen LogP contribution in [-0.4, -0.2) is 57.7 Å². The van der Waals surface area contributed by atoms with Gasteiger partial charge in [-0.05, 0) is 54.9 Å². The molecule has 1 aliphatic rings. The first-order valence-electron chi connectivity index (χ1n) is 13.3. The van der Waals surface area contributed by atoms with Crippen LogP contribution >= 0.6 is 0 Å². The lowest BCUT2D eigenvalue weighted by atomic mass is 9.93. The highest BCUT2D eigenvalue weighted by molar-refractivity contribution is 6.46. The van der Waals surface area contributed by atoms with Crippen LogP contribution in [0.2, 0.25) is 0 Å². The number of rotatable bonds is 11. The first-order valence-corrected chi connectivity index (χ1v) is 13.3. The van der Waals surface area contributed by atoms with Crippen LogP contribution in [0.15, 0.2) is 78.4 Å². The number of Topliss-reactive ketones (excluding diaryl/α,β-unsaturated/α-hetero) is 1. The average molecular weight is 544 g/mol. The number of nitro benzene ring substituents is 1. The molecule has 0 saturated carbocycles. The fourth-order valence-corrected chi connectivity index (χ4v) is 4.93. The van der Waals surface area contributed by atoms with Crippen molar-refractivity contribution in [1.29, 1.82) is 0 Å². The zero-order chi connectivity index (χ0) is 28.8. The van der Waals surface area contributed by atoms with E-state index in [4.69, 9.17) is 4.74 Å². The monoisotopic (exact) mass is 543 g/mol. The molecular weight excluding hydrogens is 510 g/mol. The predicted octanol–water partition coefficient (Wildman–Crippen LogP) is 5.25. The van der Waals surface area contributed by atoms with Gasteiger partial charge in [0.05, 0.1) is 16.5 Å². The molecule has 1 atom stereocenters. The molecule has 3 aromatic rings. The number of non-ortho nitro benzene ring substituents is 1. The molecule has 0 bridgehead atoms. The second-order valence-electron chi connectivity index (χ2n) is 9.62. The van der Waals surface area contributed by atoms with E-state index in [-0.39, 0.29) is 23.6 Å². The van der Waals surface area contributed by atoms with Gasteiger partial charge < -0.3 is 19.6 Å². The smallest absolute Gasteiger partial charge is 0.295 e. The molecule has 9 nitrogen and oxygen atoms in total. The fourth-order valence-electron chi connectivity index (χ4n) is 4.93. The van der Waals surface area contributed by atoms with Crippen LogP contribution in [0.4, 0.5) is 5.69 Å². The molecule has 0 aliphatic carbocycles. The summed E-state index contributed by atoms with van der Waals surface area (Å²) in [4.78, 5) is 41.1. The number of aryl methyl sites for hydroxylation is 1. The van der Waals surface area contributed by atoms with Crippen molar-refractivity contribution in [3.05, 3.63) is 111 Å². The highest BCUT2D eigenvalue weighted by Crippen LogP contribution is 2.41. The van der Waals surface area contributed by atoms with Crippen molar-refractivity contribution < 1.29 is 24.4 Å². The largest absolute Gasteiger partial charge is 0.507 e. The molecule has 4 rings (SSSR count). The van der Waals surface area contributed by atoms with Gasteiger partial charge in [0.15, 0.2) is 0 Å². The van der Waals surface area contributed by atoms with E-state index in [1.165, 1.54) is 23.1 Å². The van der Waals surface area contributed by atoms with E-state index < -0.39 is 22.7 Å². The molecule has 208 valence electrons. The van der Waals surface area contributed by atoms with Gasteiger partial charge in [-0.1, -0.05) is 56.3 Å². The number of likely N-dealkylation sites (N-methyl/N-ethyl adjacent to an activating group) is 1. The molecule has 1 amide bonds. The van der Waals surface area contributed by atoms with Crippen LogP contribution in [0.3, 0.4) is 0 Å². The van der Waals surface area contributed by atoms with E-state index in [1.54, 1.807) is 31.2 Å². The molecule has 0 spiro atoms. The topological polar surface area (TPSA) is 113 Å². The number of likely N-dealkylation sites (tertiary alicyclic amines) is 1. The highest BCUT2D eigenvalue weighted by Gasteiger charge is 2.46. The lowest BCUT2D eigenvalue weighted by Crippen LogP contribution is -2.38. The normalized spacial score (nSPS) is 16.5. The van der Waals surface area contributed by atoms with Crippen LogP contribution in [0.1, 0.15) is 42.1 Å². The molecule has 1 fully saturated rings. The quantitative estimate of drug-likeness (QED) is 0.116. The lowest BCUT2D eigenvalue weighted by molar-refractivity contribution is -0.384. The number of carbonyl (C=O) groups is 2. The minimum Gasteiger partial charge on any atom is -0.507 e. The summed E-state index contributed by atoms with van der Waals surface area (Å²) in [7, 11) is 0. The third-order valence-electron chi connectivity index (χ3n) is 7.19. The summed E-state index contributed by atoms with van der Waals surface area (Å²) >= 11 is 0. The van der Waals surface area contributed by atoms with Crippen molar-refractivity contribution in [2.24, 2.45) is 0 Å². The standard InChI is InChI=1S/C31H33N3O6/c1-4-32(5-2)16-17-33-28(23-12-9-13-24(19-23)34(38)39)27(30(36)31(33)37)29(35)26-15-14-25(18-21(26)3)40-20-22-10-7-6-8-11-22/h6-15,18-19,28,35H,4-5,16-17,20H2,1-3H3/b29-27+/t28-/m0/s1. The second-order valence-corrected chi connectivity index (χ2v) is 9.62. The van der Waals surface area contributed by atoms with Gasteiger partial charge in [0, 0.05) is 30.8 Å². The molecule has 0 unspecified atom stereocenters. The van der Waals surface area contributed by atoms with E-state index in [9.17, 15) is 24.8 Å². The summed E-state index contributed by atoms with van der Waals surface area (Å²) in [6.07, 6.45) is 0. The van der Waals surface area contributed by atoms with Crippen LogP contribution in [0, 0.1) is 17.0 Å². The maximum atomic E-state index is 13.4.